The fraction of sp³-hybridized carbons (Fsp3) is 0.846. The molecule has 6 heteroatoms. The molecule has 108 valence electrons. The maximum atomic E-state index is 12.3. The number of nitrogens with one attached hydrogen (secondary N) is 1. The molecule has 0 aromatic carbocycles. The van der Waals surface area contributed by atoms with Gasteiger partial charge in [-0.1, -0.05) is 11.6 Å². The molecule has 0 aromatic rings. The minimum absolute atomic E-state index is 0.0412. The van der Waals surface area contributed by atoms with Crippen LogP contribution in [0.5, 0.6) is 0 Å². The van der Waals surface area contributed by atoms with Gasteiger partial charge >= 0.3 is 0 Å². The van der Waals surface area contributed by atoms with Crippen LogP contribution in [0.3, 0.4) is 0 Å². The molecule has 0 aromatic heterocycles. The van der Waals surface area contributed by atoms with Gasteiger partial charge in [0.05, 0.1) is 0 Å². The molecule has 6 nitrogen and oxygen atoms in total. The van der Waals surface area contributed by atoms with Crippen molar-refractivity contribution >= 4 is 11.7 Å². The van der Waals surface area contributed by atoms with Gasteiger partial charge in [0.1, 0.15) is 5.41 Å². The van der Waals surface area contributed by atoms with Crippen LogP contribution in [-0.2, 0) is 4.79 Å². The summed E-state index contributed by atoms with van der Waals surface area (Å²) in [5.41, 5.74) is 4.90. The number of carbonyl (C=O) groups is 1. The van der Waals surface area contributed by atoms with Gasteiger partial charge in [0.2, 0.25) is 5.91 Å². The second-order valence-corrected chi connectivity index (χ2v) is 5.88. The number of carbonyl (C=O) groups excluding carboxylic acids is 1. The molecule has 2 saturated carbocycles. The van der Waals surface area contributed by atoms with Gasteiger partial charge in [-0.05, 0) is 39.7 Å². The zero-order valence-electron chi connectivity index (χ0n) is 11.7. The maximum absolute atomic E-state index is 12.3. The number of hydrogen-bond acceptors (Lipinski definition) is 4. The van der Waals surface area contributed by atoms with Crippen LogP contribution in [-0.4, -0.2) is 47.5 Å². The van der Waals surface area contributed by atoms with E-state index in [4.69, 9.17) is 10.9 Å². The number of nitrogens with two attached hydrogens (primary N) is 1. The van der Waals surface area contributed by atoms with Gasteiger partial charge in [0.15, 0.2) is 5.84 Å². The first-order valence-electron chi connectivity index (χ1n) is 6.99. The van der Waals surface area contributed by atoms with E-state index >= 15 is 0 Å². The Balaban J connectivity index is 1.86. The molecule has 0 heterocycles. The number of nitrogens with zero attached hydrogens (tertiary/aromatic N) is 2. The summed E-state index contributed by atoms with van der Waals surface area (Å²) in [6, 6.07) is 0.981. The smallest absolute Gasteiger partial charge is 0.234 e. The van der Waals surface area contributed by atoms with Crippen LogP contribution in [0.2, 0.25) is 0 Å². The van der Waals surface area contributed by atoms with Crippen molar-refractivity contribution in [1.29, 1.82) is 0 Å². The number of likely N-dealkylation sites (N-methyl/N-ethyl adjacent to an activating group) is 1. The van der Waals surface area contributed by atoms with E-state index in [0.717, 1.165) is 6.42 Å². The van der Waals surface area contributed by atoms with Crippen molar-refractivity contribution in [3.8, 4) is 0 Å². The molecule has 1 amide bonds. The van der Waals surface area contributed by atoms with Crippen molar-refractivity contribution in [2.24, 2.45) is 16.3 Å². The first-order chi connectivity index (χ1) is 9.01. The lowest BCUT2D eigenvalue weighted by Crippen LogP contribution is -2.55. The predicted octanol–water partition coefficient (Wildman–Crippen LogP) is 0.502. The summed E-state index contributed by atoms with van der Waals surface area (Å²) in [7, 11) is 2.09. The molecule has 2 aliphatic rings. The van der Waals surface area contributed by atoms with Gasteiger partial charge in [0.25, 0.3) is 0 Å². The third-order valence-corrected chi connectivity index (χ3v) is 4.62. The zero-order valence-corrected chi connectivity index (χ0v) is 11.7. The molecule has 2 fully saturated rings. The molecule has 0 spiro atoms. The van der Waals surface area contributed by atoms with Gasteiger partial charge in [-0.25, -0.2) is 0 Å². The minimum atomic E-state index is -0.771. The van der Waals surface area contributed by atoms with E-state index in [-0.39, 0.29) is 11.7 Å². The Morgan fingerprint density at radius 1 is 1.58 bits per heavy atom. The normalized spacial score (nSPS) is 23.8. The largest absolute Gasteiger partial charge is 0.409 e. The van der Waals surface area contributed by atoms with Crippen LogP contribution in [0.25, 0.3) is 0 Å². The molecule has 2 rings (SSSR count). The molecule has 0 saturated heterocycles. The van der Waals surface area contributed by atoms with Crippen molar-refractivity contribution in [2.75, 3.05) is 13.6 Å². The second kappa shape index (κ2) is 5.36. The Bertz CT molecular complexity index is 375. The Morgan fingerprint density at radius 2 is 2.21 bits per heavy atom. The van der Waals surface area contributed by atoms with Crippen LogP contribution in [0, 0.1) is 5.41 Å². The molecule has 2 aliphatic carbocycles. The summed E-state index contributed by atoms with van der Waals surface area (Å²) >= 11 is 0. The average Bonchev–Trinajstić information content (AvgIpc) is 3.17. The first-order valence-corrected chi connectivity index (χ1v) is 6.99. The molecule has 1 atom stereocenters. The van der Waals surface area contributed by atoms with E-state index in [1.165, 1.54) is 12.8 Å². The number of rotatable bonds is 6. The van der Waals surface area contributed by atoms with E-state index in [2.05, 4.69) is 29.3 Å². The highest BCUT2D eigenvalue weighted by Crippen LogP contribution is 2.41. The van der Waals surface area contributed by atoms with E-state index < -0.39 is 5.41 Å². The summed E-state index contributed by atoms with van der Waals surface area (Å²) in [5, 5.41) is 14.8. The quantitative estimate of drug-likeness (QED) is 0.283. The molecule has 0 aliphatic heterocycles. The van der Waals surface area contributed by atoms with Gasteiger partial charge in [-0.3, -0.25) is 9.69 Å². The van der Waals surface area contributed by atoms with Crippen LogP contribution in [0.1, 0.15) is 39.0 Å². The number of oxime groups is 1. The number of hydrogen-bond donors (Lipinski definition) is 3. The van der Waals surface area contributed by atoms with Gasteiger partial charge in [0, 0.05) is 18.6 Å². The van der Waals surface area contributed by atoms with Crippen molar-refractivity contribution in [2.45, 2.75) is 51.1 Å². The van der Waals surface area contributed by atoms with Crippen LogP contribution in [0.15, 0.2) is 5.16 Å². The van der Waals surface area contributed by atoms with Gasteiger partial charge in [-0.15, -0.1) is 0 Å². The summed E-state index contributed by atoms with van der Waals surface area (Å²) in [6.45, 7) is 2.71. The molecule has 0 bridgehead atoms. The van der Waals surface area contributed by atoms with E-state index in [0.29, 0.717) is 31.5 Å². The highest BCUT2D eigenvalue weighted by molar-refractivity contribution is 6.07. The summed E-state index contributed by atoms with van der Waals surface area (Å²) in [6.07, 6.45) is 4.79. The maximum Gasteiger partial charge on any atom is 0.234 e. The topological polar surface area (TPSA) is 91.0 Å². The lowest BCUT2D eigenvalue weighted by atomic mass is 9.67. The minimum Gasteiger partial charge on any atom is -0.409 e. The van der Waals surface area contributed by atoms with Crippen molar-refractivity contribution in [3.63, 3.8) is 0 Å². The predicted molar refractivity (Wildman–Crippen MR) is 72.9 cm³/mol. The third kappa shape index (κ3) is 2.68. The van der Waals surface area contributed by atoms with E-state index in [1.807, 2.05) is 0 Å². The Morgan fingerprint density at radius 3 is 2.63 bits per heavy atom. The Kier molecular flexibility index (Phi) is 3.99. The van der Waals surface area contributed by atoms with Gasteiger partial charge in [-0.2, -0.15) is 0 Å². The summed E-state index contributed by atoms with van der Waals surface area (Å²) in [5.74, 6) is -0.0652. The van der Waals surface area contributed by atoms with Crippen LogP contribution >= 0.6 is 0 Å². The fourth-order valence-corrected chi connectivity index (χ4v) is 2.62. The molecular weight excluding hydrogens is 244 g/mol. The number of amides is 1. The van der Waals surface area contributed by atoms with Crippen molar-refractivity contribution in [1.82, 2.24) is 10.2 Å². The molecule has 0 radical (unpaired) electrons. The SMILES string of the molecule is CC(CNC(=O)C1(C(N)=NO)CCC1)N(C)C1CC1. The number of amidine groups is 1. The summed E-state index contributed by atoms with van der Waals surface area (Å²) in [4.78, 5) is 14.6. The fourth-order valence-electron chi connectivity index (χ4n) is 2.62. The highest BCUT2D eigenvalue weighted by Gasteiger charge is 2.48. The van der Waals surface area contributed by atoms with Gasteiger partial charge < -0.3 is 16.3 Å². The molecule has 1 unspecified atom stereocenters. The molecule has 4 N–H and O–H groups in total. The van der Waals surface area contributed by atoms with Crippen LogP contribution in [0.4, 0.5) is 0 Å². The molecule has 19 heavy (non-hydrogen) atoms. The average molecular weight is 268 g/mol. The third-order valence-electron chi connectivity index (χ3n) is 4.62. The van der Waals surface area contributed by atoms with Crippen LogP contribution < -0.4 is 11.1 Å². The second-order valence-electron chi connectivity index (χ2n) is 5.88. The lowest BCUT2D eigenvalue weighted by Gasteiger charge is -2.39. The van der Waals surface area contributed by atoms with E-state index in [1.54, 1.807) is 0 Å². The monoisotopic (exact) mass is 268 g/mol. The Hall–Kier alpha value is -1.30. The zero-order chi connectivity index (χ0) is 14.0. The van der Waals surface area contributed by atoms with E-state index in [9.17, 15) is 4.79 Å². The van der Waals surface area contributed by atoms with Crippen molar-refractivity contribution in [3.05, 3.63) is 0 Å². The lowest BCUT2D eigenvalue weighted by molar-refractivity contribution is -0.131. The Labute approximate surface area is 114 Å². The summed E-state index contributed by atoms with van der Waals surface area (Å²) < 4.78 is 0. The van der Waals surface area contributed by atoms with Crippen molar-refractivity contribution < 1.29 is 10.0 Å². The highest BCUT2D eigenvalue weighted by atomic mass is 16.4. The first kappa shape index (κ1) is 14.1. The standard InChI is InChI=1S/C13H24N4O2/c1-9(17(2)10-4-5-10)8-15-12(18)13(6-3-7-13)11(14)16-19/h9-10,19H,3-8H2,1-2H3,(H2,14,16)(H,15,18). The molecular formula is C13H24N4O2.